The Morgan fingerprint density at radius 1 is 1.13 bits per heavy atom. The zero-order valence-electron chi connectivity index (χ0n) is 18.8. The smallest absolute Gasteiger partial charge is 0.393 e. The van der Waals surface area contributed by atoms with Crippen LogP contribution in [0.3, 0.4) is 0 Å². The van der Waals surface area contributed by atoms with E-state index in [-0.39, 0.29) is 6.10 Å². The third-order valence-corrected chi connectivity index (χ3v) is 8.48. The minimum atomic E-state index is -4.51. The van der Waals surface area contributed by atoms with Crippen LogP contribution in [-0.4, -0.2) is 48.2 Å². The summed E-state index contributed by atoms with van der Waals surface area (Å²) in [5, 5.41) is 9.93. The van der Waals surface area contributed by atoms with Gasteiger partial charge in [0.05, 0.1) is 12.2 Å². The molecular formula is C25H38F3NO2. The fourth-order valence-electron chi connectivity index (χ4n) is 6.80. The van der Waals surface area contributed by atoms with Crippen LogP contribution in [0.1, 0.15) is 77.6 Å². The lowest BCUT2D eigenvalue weighted by Crippen LogP contribution is -2.54. The maximum Gasteiger partial charge on any atom is 0.522 e. The monoisotopic (exact) mass is 441 g/mol. The molecule has 3 saturated carbocycles. The predicted octanol–water partition coefficient (Wildman–Crippen LogP) is 5.99. The summed E-state index contributed by atoms with van der Waals surface area (Å²) in [4.78, 5) is 2.09. The first kappa shape index (κ1) is 23.3. The Bertz CT molecular complexity index is 683. The lowest BCUT2D eigenvalue weighted by molar-refractivity contribution is -0.354. The molecule has 6 heteroatoms. The van der Waals surface area contributed by atoms with Crippen LogP contribution in [0, 0.1) is 17.3 Å². The number of hydrogen-bond acceptors (Lipinski definition) is 3. The average Bonchev–Trinajstić information content (AvgIpc) is 3.00. The molecule has 3 aliphatic carbocycles. The highest BCUT2D eigenvalue weighted by Crippen LogP contribution is 2.58. The Balaban J connectivity index is 1.26. The molecule has 1 aliphatic heterocycles. The van der Waals surface area contributed by atoms with E-state index in [1.54, 1.807) is 5.57 Å². The Morgan fingerprint density at radius 2 is 1.94 bits per heavy atom. The van der Waals surface area contributed by atoms with Crippen molar-refractivity contribution < 1.29 is 23.0 Å². The van der Waals surface area contributed by atoms with Crippen molar-refractivity contribution in [3.8, 4) is 0 Å². The molecule has 4 rings (SSSR count). The van der Waals surface area contributed by atoms with Gasteiger partial charge in [-0.15, -0.1) is 13.2 Å². The Kier molecular flexibility index (Phi) is 7.19. The van der Waals surface area contributed by atoms with Crippen LogP contribution in [0.2, 0.25) is 0 Å². The average molecular weight is 442 g/mol. The molecule has 176 valence electrons. The molecule has 1 N–H and O–H groups in total. The van der Waals surface area contributed by atoms with Crippen molar-refractivity contribution >= 4 is 0 Å². The highest BCUT2D eigenvalue weighted by molar-refractivity contribution is 5.25. The van der Waals surface area contributed by atoms with E-state index in [0.29, 0.717) is 30.3 Å². The van der Waals surface area contributed by atoms with Crippen molar-refractivity contribution in [3.63, 3.8) is 0 Å². The van der Waals surface area contributed by atoms with Gasteiger partial charge in [0.15, 0.2) is 0 Å². The van der Waals surface area contributed by atoms with E-state index in [1.165, 1.54) is 44.1 Å². The third kappa shape index (κ3) is 5.75. The predicted molar refractivity (Wildman–Crippen MR) is 115 cm³/mol. The van der Waals surface area contributed by atoms with E-state index in [2.05, 4.69) is 28.7 Å². The van der Waals surface area contributed by atoms with Gasteiger partial charge in [-0.1, -0.05) is 30.2 Å². The zero-order chi connectivity index (χ0) is 22.1. The molecule has 0 radical (unpaired) electrons. The number of aliphatic hydroxyl groups excluding tert-OH is 1. The zero-order valence-corrected chi connectivity index (χ0v) is 18.8. The maximum atomic E-state index is 12.3. The number of hydrogen-bond donors (Lipinski definition) is 1. The van der Waals surface area contributed by atoms with Gasteiger partial charge in [-0.05, 0) is 94.4 Å². The maximum absolute atomic E-state index is 12.3. The largest absolute Gasteiger partial charge is 0.522 e. The molecule has 4 unspecified atom stereocenters. The second-order valence-corrected chi connectivity index (χ2v) is 10.6. The first-order valence-electron chi connectivity index (χ1n) is 12.3. The topological polar surface area (TPSA) is 32.7 Å². The summed E-state index contributed by atoms with van der Waals surface area (Å²) in [5.41, 5.74) is 3.38. The number of aliphatic hydroxyl groups is 1. The van der Waals surface area contributed by atoms with Crippen LogP contribution in [0.4, 0.5) is 13.2 Å². The Labute approximate surface area is 184 Å². The molecule has 0 bridgehead atoms. The molecule has 0 aromatic rings. The van der Waals surface area contributed by atoms with Crippen molar-refractivity contribution in [2.45, 2.75) is 96.1 Å². The molecule has 0 amide bonds. The Hall–Kier alpha value is -0.850. The number of rotatable bonds is 6. The van der Waals surface area contributed by atoms with E-state index >= 15 is 0 Å². The minimum absolute atomic E-state index is 0.160. The molecular weight excluding hydrogens is 403 g/mol. The highest BCUT2D eigenvalue weighted by Gasteiger charge is 2.48. The summed E-state index contributed by atoms with van der Waals surface area (Å²) in [6.07, 6.45) is 11.9. The lowest BCUT2D eigenvalue weighted by atomic mass is 9.62. The van der Waals surface area contributed by atoms with Crippen LogP contribution >= 0.6 is 0 Å². The number of allylic oxidation sites excluding steroid dienone is 3. The van der Waals surface area contributed by atoms with Gasteiger partial charge in [0.1, 0.15) is 0 Å². The molecule has 4 aliphatic rings. The normalized spacial score (nSPS) is 37.9. The van der Waals surface area contributed by atoms with Crippen LogP contribution < -0.4 is 0 Å². The standard InChI is InChI=1S/C25H38F3NO2/c1-24-13-3-6-19(10-9-18-5-2-8-21(30)15-18)23(24)12-11-20(24)7-4-14-29-16-22(17-29)31-25(26,27)28/h9-10,20-23,30H,2-8,11-17H2,1H3/b18-9-,19-10+. The molecule has 3 nitrogen and oxygen atoms in total. The number of likely N-dealkylation sites (tertiary alicyclic amines) is 1. The lowest BCUT2D eigenvalue weighted by Gasteiger charge is -2.43. The van der Waals surface area contributed by atoms with Crippen molar-refractivity contribution in [1.82, 2.24) is 4.90 Å². The molecule has 0 aromatic carbocycles. The summed E-state index contributed by atoms with van der Waals surface area (Å²) < 4.78 is 40.9. The van der Waals surface area contributed by atoms with Gasteiger partial charge in [0.25, 0.3) is 0 Å². The van der Waals surface area contributed by atoms with Crippen LogP contribution in [0.15, 0.2) is 23.3 Å². The second kappa shape index (κ2) is 9.56. The van der Waals surface area contributed by atoms with E-state index < -0.39 is 12.5 Å². The second-order valence-electron chi connectivity index (χ2n) is 10.6. The molecule has 0 spiro atoms. The Morgan fingerprint density at radius 3 is 2.68 bits per heavy atom. The number of fused-ring (bicyclic) bond motifs is 1. The van der Waals surface area contributed by atoms with Crippen LogP contribution in [0.5, 0.6) is 0 Å². The van der Waals surface area contributed by atoms with Crippen LogP contribution in [0.25, 0.3) is 0 Å². The van der Waals surface area contributed by atoms with Crippen molar-refractivity contribution in [1.29, 1.82) is 0 Å². The van der Waals surface area contributed by atoms with Gasteiger partial charge in [-0.25, -0.2) is 0 Å². The van der Waals surface area contributed by atoms with Crippen molar-refractivity contribution in [2.75, 3.05) is 19.6 Å². The summed E-state index contributed by atoms with van der Waals surface area (Å²) in [5.74, 6) is 1.39. The van der Waals surface area contributed by atoms with Crippen LogP contribution in [-0.2, 0) is 4.74 Å². The first-order chi connectivity index (χ1) is 14.7. The van der Waals surface area contributed by atoms with Gasteiger partial charge < -0.3 is 5.11 Å². The summed E-state index contributed by atoms with van der Waals surface area (Å²) in [6, 6.07) is 0. The number of ether oxygens (including phenoxy) is 1. The number of nitrogens with zero attached hydrogens (tertiary/aromatic N) is 1. The van der Waals surface area contributed by atoms with Gasteiger partial charge in [0.2, 0.25) is 0 Å². The molecule has 0 aromatic heterocycles. The molecule has 31 heavy (non-hydrogen) atoms. The SMILES string of the molecule is CC12CCC/C(=C\C=C3\CCCC(O)C3)C1CCC2CCCN1CC(OC(F)(F)F)C1. The summed E-state index contributed by atoms with van der Waals surface area (Å²) in [6.45, 7) is 4.17. The molecule has 4 atom stereocenters. The van der Waals surface area contributed by atoms with E-state index in [4.69, 9.17) is 0 Å². The minimum Gasteiger partial charge on any atom is -0.393 e. The molecule has 1 saturated heterocycles. The van der Waals surface area contributed by atoms with Gasteiger partial charge >= 0.3 is 6.36 Å². The quantitative estimate of drug-likeness (QED) is 0.549. The van der Waals surface area contributed by atoms with Gasteiger partial charge in [0, 0.05) is 13.1 Å². The summed E-state index contributed by atoms with van der Waals surface area (Å²) in [7, 11) is 0. The highest BCUT2D eigenvalue weighted by atomic mass is 19.4. The van der Waals surface area contributed by atoms with E-state index in [1.807, 2.05) is 0 Å². The first-order valence-corrected chi connectivity index (χ1v) is 12.3. The fraction of sp³-hybridized carbons (Fsp3) is 0.840. The van der Waals surface area contributed by atoms with E-state index in [0.717, 1.165) is 38.6 Å². The van der Waals surface area contributed by atoms with Gasteiger partial charge in [-0.2, -0.15) is 0 Å². The number of halogens is 3. The van der Waals surface area contributed by atoms with Crippen molar-refractivity contribution in [2.24, 2.45) is 17.3 Å². The van der Waals surface area contributed by atoms with Crippen molar-refractivity contribution in [3.05, 3.63) is 23.3 Å². The molecule has 4 fully saturated rings. The summed E-state index contributed by atoms with van der Waals surface area (Å²) >= 11 is 0. The van der Waals surface area contributed by atoms with E-state index in [9.17, 15) is 18.3 Å². The third-order valence-electron chi connectivity index (χ3n) is 8.48. The fourth-order valence-corrected chi connectivity index (χ4v) is 6.80. The number of alkyl halides is 3. The molecule has 1 heterocycles. The van der Waals surface area contributed by atoms with Gasteiger partial charge in [-0.3, -0.25) is 9.64 Å².